The van der Waals surface area contributed by atoms with Crippen LogP contribution in [0, 0.1) is 0 Å². The molecule has 1 aliphatic rings. The molecule has 0 saturated carbocycles. The summed E-state index contributed by atoms with van der Waals surface area (Å²) in [6.45, 7) is 0.945. The maximum absolute atomic E-state index is 5.70. The van der Waals surface area contributed by atoms with E-state index in [2.05, 4.69) is 33.4 Å². The third-order valence-electron chi connectivity index (χ3n) is 3.97. The predicted molar refractivity (Wildman–Crippen MR) is 85.5 cm³/mol. The van der Waals surface area contributed by atoms with Gasteiger partial charge in [-0.05, 0) is 72.8 Å². The van der Waals surface area contributed by atoms with Crippen LogP contribution in [0.1, 0.15) is 31.2 Å². The van der Waals surface area contributed by atoms with Gasteiger partial charge in [-0.2, -0.15) is 0 Å². The van der Waals surface area contributed by atoms with Crippen molar-refractivity contribution in [2.24, 2.45) is 0 Å². The zero-order valence-corrected chi connectivity index (χ0v) is 13.9. The van der Waals surface area contributed by atoms with Crippen molar-refractivity contribution in [3.05, 3.63) is 28.2 Å². The van der Waals surface area contributed by atoms with Gasteiger partial charge in [0.25, 0.3) is 0 Å². The summed E-state index contributed by atoms with van der Waals surface area (Å²) in [5.41, 5.74) is 1.32. The van der Waals surface area contributed by atoms with Gasteiger partial charge in [0.05, 0.1) is 17.7 Å². The van der Waals surface area contributed by atoms with E-state index < -0.39 is 0 Å². The Morgan fingerprint density at radius 2 is 2.35 bits per heavy atom. The SMILES string of the molecule is CNC(CCC1CCCO1)Cc1ccc(OC)c(Br)c1. The fourth-order valence-electron chi connectivity index (χ4n) is 2.73. The Bertz CT molecular complexity index is 419. The molecule has 2 atom stereocenters. The van der Waals surface area contributed by atoms with Gasteiger partial charge < -0.3 is 14.8 Å². The maximum Gasteiger partial charge on any atom is 0.133 e. The van der Waals surface area contributed by atoms with Crippen molar-refractivity contribution < 1.29 is 9.47 Å². The van der Waals surface area contributed by atoms with Gasteiger partial charge in [0, 0.05) is 12.6 Å². The van der Waals surface area contributed by atoms with E-state index in [9.17, 15) is 0 Å². The normalized spacial score (nSPS) is 20.1. The first-order valence-electron chi connectivity index (χ1n) is 7.34. The van der Waals surface area contributed by atoms with Crippen molar-refractivity contribution in [3.63, 3.8) is 0 Å². The second kappa shape index (κ2) is 8.01. The lowest BCUT2D eigenvalue weighted by molar-refractivity contribution is 0.0998. The molecule has 1 aliphatic heterocycles. The molecule has 0 spiro atoms. The van der Waals surface area contributed by atoms with Crippen LogP contribution in [0.25, 0.3) is 0 Å². The largest absolute Gasteiger partial charge is 0.496 e. The second-order valence-corrected chi connectivity index (χ2v) is 6.23. The Morgan fingerprint density at radius 1 is 1.50 bits per heavy atom. The lowest BCUT2D eigenvalue weighted by Crippen LogP contribution is -2.28. The summed E-state index contributed by atoms with van der Waals surface area (Å²) < 4.78 is 12.0. The first kappa shape index (κ1) is 15.8. The molecule has 20 heavy (non-hydrogen) atoms. The summed E-state index contributed by atoms with van der Waals surface area (Å²) in [7, 11) is 3.73. The van der Waals surface area contributed by atoms with Crippen LogP contribution in [0.2, 0.25) is 0 Å². The zero-order chi connectivity index (χ0) is 14.4. The lowest BCUT2D eigenvalue weighted by atomic mass is 9.99. The highest BCUT2D eigenvalue weighted by atomic mass is 79.9. The van der Waals surface area contributed by atoms with Crippen molar-refractivity contribution in [1.82, 2.24) is 5.32 Å². The van der Waals surface area contributed by atoms with Crippen LogP contribution >= 0.6 is 15.9 Å². The number of likely N-dealkylation sites (N-methyl/N-ethyl adjacent to an activating group) is 1. The minimum absolute atomic E-state index is 0.480. The number of hydrogen-bond donors (Lipinski definition) is 1. The standard InChI is InChI=1S/C16H24BrNO2/c1-18-13(6-7-14-4-3-9-20-14)10-12-5-8-16(19-2)15(17)11-12/h5,8,11,13-14,18H,3-4,6-7,9-10H2,1-2H3. The number of ether oxygens (including phenoxy) is 2. The minimum Gasteiger partial charge on any atom is -0.496 e. The van der Waals surface area contributed by atoms with Crippen LogP contribution < -0.4 is 10.1 Å². The third-order valence-corrected chi connectivity index (χ3v) is 4.59. The summed E-state index contributed by atoms with van der Waals surface area (Å²) >= 11 is 3.55. The number of halogens is 1. The Labute approximate surface area is 130 Å². The number of benzene rings is 1. The molecule has 2 rings (SSSR count). The molecule has 0 amide bonds. The molecule has 1 N–H and O–H groups in total. The topological polar surface area (TPSA) is 30.5 Å². The second-order valence-electron chi connectivity index (χ2n) is 5.37. The molecule has 1 fully saturated rings. The van der Waals surface area contributed by atoms with Crippen LogP contribution in [0.4, 0.5) is 0 Å². The first-order chi connectivity index (χ1) is 9.72. The van der Waals surface area contributed by atoms with Gasteiger partial charge >= 0.3 is 0 Å². The van der Waals surface area contributed by atoms with Crippen LogP contribution in [0.15, 0.2) is 22.7 Å². The zero-order valence-electron chi connectivity index (χ0n) is 12.3. The summed E-state index contributed by atoms with van der Waals surface area (Å²) in [6.07, 6.45) is 6.28. The fourth-order valence-corrected chi connectivity index (χ4v) is 3.32. The highest BCUT2D eigenvalue weighted by Gasteiger charge is 2.17. The molecule has 3 nitrogen and oxygen atoms in total. The molecule has 4 heteroatoms. The molecular weight excluding hydrogens is 318 g/mol. The summed E-state index contributed by atoms with van der Waals surface area (Å²) in [5.74, 6) is 0.883. The number of rotatable bonds is 7. The smallest absolute Gasteiger partial charge is 0.133 e. The molecule has 0 aliphatic carbocycles. The van der Waals surface area contributed by atoms with Gasteiger partial charge in [-0.15, -0.1) is 0 Å². The first-order valence-corrected chi connectivity index (χ1v) is 8.13. The van der Waals surface area contributed by atoms with Gasteiger partial charge in [-0.25, -0.2) is 0 Å². The van der Waals surface area contributed by atoms with Crippen LogP contribution in [-0.4, -0.2) is 32.9 Å². The molecule has 112 valence electrons. The summed E-state index contributed by atoms with van der Waals surface area (Å²) in [4.78, 5) is 0. The fraction of sp³-hybridized carbons (Fsp3) is 0.625. The maximum atomic E-state index is 5.70. The average Bonchev–Trinajstić information content (AvgIpc) is 2.97. The Kier molecular flexibility index (Phi) is 6.33. The van der Waals surface area contributed by atoms with E-state index in [4.69, 9.17) is 9.47 Å². The lowest BCUT2D eigenvalue weighted by Gasteiger charge is -2.18. The van der Waals surface area contributed by atoms with Crippen LogP contribution in [0.5, 0.6) is 5.75 Å². The average molecular weight is 342 g/mol. The highest BCUT2D eigenvalue weighted by molar-refractivity contribution is 9.10. The van der Waals surface area contributed by atoms with Crippen molar-refractivity contribution in [3.8, 4) is 5.75 Å². The highest BCUT2D eigenvalue weighted by Crippen LogP contribution is 2.26. The number of hydrogen-bond acceptors (Lipinski definition) is 3. The Hall–Kier alpha value is -0.580. The van der Waals surface area contributed by atoms with Crippen molar-refractivity contribution in [2.75, 3.05) is 20.8 Å². The van der Waals surface area contributed by atoms with Gasteiger partial charge in [-0.1, -0.05) is 6.07 Å². The van der Waals surface area contributed by atoms with Crippen molar-refractivity contribution in [1.29, 1.82) is 0 Å². The summed E-state index contributed by atoms with van der Waals surface area (Å²) in [5, 5.41) is 3.42. The molecule has 0 aromatic heterocycles. The monoisotopic (exact) mass is 341 g/mol. The Morgan fingerprint density at radius 3 is 2.95 bits per heavy atom. The van der Waals surface area contributed by atoms with Gasteiger partial charge in [0.2, 0.25) is 0 Å². The van der Waals surface area contributed by atoms with Crippen LogP contribution in [-0.2, 0) is 11.2 Å². The predicted octanol–water partition coefficient (Wildman–Crippen LogP) is 3.55. The van der Waals surface area contributed by atoms with E-state index >= 15 is 0 Å². The number of nitrogens with one attached hydrogen (secondary N) is 1. The van der Waals surface area contributed by atoms with Gasteiger partial charge in [-0.3, -0.25) is 0 Å². The molecule has 1 aromatic carbocycles. The summed E-state index contributed by atoms with van der Waals surface area (Å²) in [6, 6.07) is 6.81. The van der Waals surface area contributed by atoms with Crippen molar-refractivity contribution in [2.45, 2.75) is 44.2 Å². The van der Waals surface area contributed by atoms with Crippen molar-refractivity contribution >= 4 is 15.9 Å². The molecule has 0 radical (unpaired) electrons. The van der Waals surface area contributed by atoms with E-state index in [1.807, 2.05) is 13.1 Å². The molecule has 1 saturated heterocycles. The minimum atomic E-state index is 0.480. The van der Waals surface area contributed by atoms with E-state index in [1.165, 1.54) is 18.4 Å². The van der Waals surface area contributed by atoms with E-state index in [1.54, 1.807) is 7.11 Å². The molecular formula is C16H24BrNO2. The quantitative estimate of drug-likeness (QED) is 0.822. The van der Waals surface area contributed by atoms with E-state index in [0.717, 1.165) is 36.1 Å². The van der Waals surface area contributed by atoms with E-state index in [0.29, 0.717) is 12.1 Å². The number of methoxy groups -OCH3 is 1. The molecule has 1 aromatic rings. The Balaban J connectivity index is 1.86. The molecule has 0 bridgehead atoms. The molecule has 1 heterocycles. The van der Waals surface area contributed by atoms with E-state index in [-0.39, 0.29) is 0 Å². The van der Waals surface area contributed by atoms with Gasteiger partial charge in [0.1, 0.15) is 5.75 Å². The molecule has 2 unspecified atom stereocenters. The third kappa shape index (κ3) is 4.47. The van der Waals surface area contributed by atoms with Gasteiger partial charge in [0.15, 0.2) is 0 Å². The van der Waals surface area contributed by atoms with Crippen LogP contribution in [0.3, 0.4) is 0 Å².